The van der Waals surface area contributed by atoms with Gasteiger partial charge in [-0.25, -0.2) is 0 Å². The molecule has 2 aromatic carbocycles. The number of ether oxygens (including phenoxy) is 2. The second-order valence-electron chi connectivity index (χ2n) is 4.66. The van der Waals surface area contributed by atoms with Crippen LogP contribution in [0.5, 0.6) is 17.2 Å². The SMILES string of the molecule is COc1cccc(C(=O)CCc2ccc(OC)c(O)c2)c1. The standard InChI is InChI=1S/C17H18O4/c1-20-14-5-3-4-13(11-14)15(18)8-6-12-7-9-17(21-2)16(19)10-12/h3-5,7,9-11,19H,6,8H2,1-2H3. The summed E-state index contributed by atoms with van der Waals surface area (Å²) in [6, 6.07) is 12.3. The van der Waals surface area contributed by atoms with Crippen molar-refractivity contribution in [1.82, 2.24) is 0 Å². The highest BCUT2D eigenvalue weighted by molar-refractivity contribution is 5.96. The number of Topliss-reactive ketones (excluding diaryl/α,β-unsaturated/α-hetero) is 1. The molecule has 0 bridgehead atoms. The van der Waals surface area contributed by atoms with Crippen molar-refractivity contribution in [2.75, 3.05) is 14.2 Å². The molecule has 0 aromatic heterocycles. The number of hydrogen-bond acceptors (Lipinski definition) is 4. The van der Waals surface area contributed by atoms with Gasteiger partial charge in [0.2, 0.25) is 0 Å². The van der Waals surface area contributed by atoms with Crippen molar-refractivity contribution in [1.29, 1.82) is 0 Å². The summed E-state index contributed by atoms with van der Waals surface area (Å²) >= 11 is 0. The molecule has 2 aromatic rings. The molecular formula is C17H18O4. The lowest BCUT2D eigenvalue weighted by Crippen LogP contribution is -2.01. The third-order valence-corrected chi connectivity index (χ3v) is 3.28. The number of phenols is 1. The van der Waals surface area contributed by atoms with E-state index in [9.17, 15) is 9.90 Å². The molecule has 0 atom stereocenters. The molecule has 4 nitrogen and oxygen atoms in total. The van der Waals surface area contributed by atoms with Crippen LogP contribution in [0.25, 0.3) is 0 Å². The summed E-state index contributed by atoms with van der Waals surface area (Å²) in [5.74, 6) is 1.23. The van der Waals surface area contributed by atoms with E-state index in [1.54, 1.807) is 43.5 Å². The largest absolute Gasteiger partial charge is 0.504 e. The first-order chi connectivity index (χ1) is 10.1. The highest BCUT2D eigenvalue weighted by Gasteiger charge is 2.09. The van der Waals surface area contributed by atoms with Crippen molar-refractivity contribution in [2.45, 2.75) is 12.8 Å². The smallest absolute Gasteiger partial charge is 0.163 e. The van der Waals surface area contributed by atoms with E-state index in [0.29, 0.717) is 29.9 Å². The van der Waals surface area contributed by atoms with Crippen molar-refractivity contribution >= 4 is 5.78 Å². The zero-order valence-corrected chi connectivity index (χ0v) is 12.1. The van der Waals surface area contributed by atoms with Gasteiger partial charge >= 0.3 is 0 Å². The number of phenolic OH excluding ortho intramolecular Hbond substituents is 1. The molecule has 0 aliphatic rings. The van der Waals surface area contributed by atoms with Gasteiger partial charge in [-0.05, 0) is 36.2 Å². The Kier molecular flexibility index (Phi) is 4.82. The number of methoxy groups -OCH3 is 2. The van der Waals surface area contributed by atoms with Crippen molar-refractivity contribution < 1.29 is 19.4 Å². The van der Waals surface area contributed by atoms with Crippen LogP contribution in [-0.2, 0) is 6.42 Å². The zero-order valence-electron chi connectivity index (χ0n) is 12.1. The minimum absolute atomic E-state index is 0.0456. The van der Waals surface area contributed by atoms with Crippen LogP contribution in [0.4, 0.5) is 0 Å². The molecular weight excluding hydrogens is 268 g/mol. The molecule has 1 N–H and O–H groups in total. The van der Waals surface area contributed by atoms with E-state index in [-0.39, 0.29) is 11.5 Å². The van der Waals surface area contributed by atoms with Crippen LogP contribution >= 0.6 is 0 Å². The van der Waals surface area contributed by atoms with E-state index >= 15 is 0 Å². The molecule has 0 heterocycles. The number of carbonyl (C=O) groups is 1. The minimum atomic E-state index is 0.0456. The highest BCUT2D eigenvalue weighted by atomic mass is 16.5. The van der Waals surface area contributed by atoms with Gasteiger partial charge in [-0.2, -0.15) is 0 Å². The average molecular weight is 286 g/mol. The van der Waals surface area contributed by atoms with Crippen LogP contribution in [-0.4, -0.2) is 25.1 Å². The Morgan fingerprint density at radius 3 is 2.57 bits per heavy atom. The number of rotatable bonds is 6. The predicted molar refractivity (Wildman–Crippen MR) is 80.3 cm³/mol. The summed E-state index contributed by atoms with van der Waals surface area (Å²) in [6.07, 6.45) is 0.937. The van der Waals surface area contributed by atoms with Gasteiger partial charge in [0.15, 0.2) is 17.3 Å². The zero-order chi connectivity index (χ0) is 15.2. The maximum absolute atomic E-state index is 12.2. The average Bonchev–Trinajstić information content (AvgIpc) is 2.52. The highest BCUT2D eigenvalue weighted by Crippen LogP contribution is 2.27. The summed E-state index contributed by atoms with van der Waals surface area (Å²) in [5.41, 5.74) is 1.52. The lowest BCUT2D eigenvalue weighted by Gasteiger charge is -2.07. The molecule has 21 heavy (non-hydrogen) atoms. The van der Waals surface area contributed by atoms with Gasteiger partial charge in [0.25, 0.3) is 0 Å². The van der Waals surface area contributed by atoms with Crippen molar-refractivity contribution in [3.8, 4) is 17.2 Å². The lowest BCUT2D eigenvalue weighted by molar-refractivity contribution is 0.0982. The second kappa shape index (κ2) is 6.79. The molecule has 2 rings (SSSR count). The van der Waals surface area contributed by atoms with E-state index < -0.39 is 0 Å². The Balaban J connectivity index is 2.02. The molecule has 0 spiro atoms. The summed E-state index contributed by atoms with van der Waals surface area (Å²) in [6.45, 7) is 0. The number of benzene rings is 2. The number of aromatic hydroxyl groups is 1. The topological polar surface area (TPSA) is 55.8 Å². The number of carbonyl (C=O) groups excluding carboxylic acids is 1. The molecule has 4 heteroatoms. The van der Waals surface area contributed by atoms with Crippen LogP contribution in [0.3, 0.4) is 0 Å². The molecule has 0 radical (unpaired) electrons. The Bertz CT molecular complexity index is 634. The summed E-state index contributed by atoms with van der Waals surface area (Å²) in [7, 11) is 3.07. The van der Waals surface area contributed by atoms with E-state index in [1.807, 2.05) is 6.07 Å². The maximum Gasteiger partial charge on any atom is 0.163 e. The Morgan fingerprint density at radius 1 is 1.10 bits per heavy atom. The first-order valence-electron chi connectivity index (χ1n) is 6.67. The van der Waals surface area contributed by atoms with Crippen LogP contribution in [0.1, 0.15) is 22.3 Å². The van der Waals surface area contributed by atoms with Crippen LogP contribution in [0.2, 0.25) is 0 Å². The van der Waals surface area contributed by atoms with Crippen LogP contribution < -0.4 is 9.47 Å². The predicted octanol–water partition coefficient (Wildman–Crippen LogP) is 3.22. The van der Waals surface area contributed by atoms with Gasteiger partial charge in [-0.15, -0.1) is 0 Å². The third-order valence-electron chi connectivity index (χ3n) is 3.28. The third kappa shape index (κ3) is 3.75. The molecule has 0 unspecified atom stereocenters. The van der Waals surface area contributed by atoms with Crippen molar-refractivity contribution in [3.63, 3.8) is 0 Å². The molecule has 0 saturated heterocycles. The molecule has 0 saturated carbocycles. The molecule has 0 aliphatic heterocycles. The minimum Gasteiger partial charge on any atom is -0.504 e. The normalized spacial score (nSPS) is 10.2. The summed E-state index contributed by atoms with van der Waals surface area (Å²) in [5, 5.41) is 9.72. The number of aryl methyl sites for hydroxylation is 1. The fourth-order valence-corrected chi connectivity index (χ4v) is 2.09. The van der Waals surface area contributed by atoms with Crippen LogP contribution in [0.15, 0.2) is 42.5 Å². The van der Waals surface area contributed by atoms with Crippen molar-refractivity contribution in [2.24, 2.45) is 0 Å². The first-order valence-corrected chi connectivity index (χ1v) is 6.67. The molecule has 110 valence electrons. The second-order valence-corrected chi connectivity index (χ2v) is 4.66. The lowest BCUT2D eigenvalue weighted by atomic mass is 10.0. The molecule has 0 fully saturated rings. The van der Waals surface area contributed by atoms with Gasteiger partial charge in [0, 0.05) is 12.0 Å². The van der Waals surface area contributed by atoms with Gasteiger partial charge in [0.05, 0.1) is 14.2 Å². The Labute approximate surface area is 123 Å². The summed E-state index contributed by atoms with van der Waals surface area (Å²) in [4.78, 5) is 12.2. The quantitative estimate of drug-likeness (QED) is 0.828. The fourth-order valence-electron chi connectivity index (χ4n) is 2.09. The van der Waals surface area contributed by atoms with E-state index in [0.717, 1.165) is 5.56 Å². The Hall–Kier alpha value is -2.49. The summed E-state index contributed by atoms with van der Waals surface area (Å²) < 4.78 is 10.1. The molecule has 0 amide bonds. The Morgan fingerprint density at radius 2 is 1.90 bits per heavy atom. The maximum atomic E-state index is 12.2. The first kappa shape index (κ1) is 14.9. The number of ketones is 1. The van der Waals surface area contributed by atoms with Gasteiger partial charge in [0.1, 0.15) is 5.75 Å². The van der Waals surface area contributed by atoms with E-state index in [2.05, 4.69) is 0 Å². The van der Waals surface area contributed by atoms with Gasteiger partial charge in [-0.3, -0.25) is 4.79 Å². The van der Waals surface area contributed by atoms with Crippen molar-refractivity contribution in [3.05, 3.63) is 53.6 Å². The fraction of sp³-hybridized carbons (Fsp3) is 0.235. The number of hydrogen-bond donors (Lipinski definition) is 1. The molecule has 0 aliphatic carbocycles. The van der Waals surface area contributed by atoms with Gasteiger partial charge in [-0.1, -0.05) is 18.2 Å². The van der Waals surface area contributed by atoms with E-state index in [4.69, 9.17) is 9.47 Å². The van der Waals surface area contributed by atoms with Gasteiger partial charge < -0.3 is 14.6 Å². The monoisotopic (exact) mass is 286 g/mol. The van der Waals surface area contributed by atoms with E-state index in [1.165, 1.54) is 7.11 Å². The van der Waals surface area contributed by atoms with Crippen LogP contribution in [0, 0.1) is 0 Å².